The van der Waals surface area contributed by atoms with E-state index in [0.29, 0.717) is 17.1 Å². The van der Waals surface area contributed by atoms with E-state index in [1.54, 1.807) is 12.1 Å². The molecule has 0 radical (unpaired) electrons. The summed E-state index contributed by atoms with van der Waals surface area (Å²) in [7, 11) is 0. The number of nitrogens with one attached hydrogen (secondary N) is 3. The van der Waals surface area contributed by atoms with Crippen molar-refractivity contribution in [3.05, 3.63) is 29.8 Å². The molecular weight excluding hydrogens is 524 g/mol. The molecule has 0 bridgehead atoms. The maximum absolute atomic E-state index is 13.2. The molecule has 3 amide bonds. The Hall–Kier alpha value is -2.97. The number of carboxylic acid groups (broad SMARTS) is 2. The molecule has 0 aliphatic rings. The Bertz CT molecular complexity index is 932. The number of rotatable bonds is 17. The fourth-order valence-electron chi connectivity index (χ4n) is 3.18. The van der Waals surface area contributed by atoms with Crippen LogP contribution in [0.5, 0.6) is 5.75 Å². The second-order valence-electron chi connectivity index (χ2n) is 8.16. The predicted molar refractivity (Wildman–Crippen MR) is 141 cm³/mol. The minimum absolute atomic E-state index is 0.000487. The van der Waals surface area contributed by atoms with Gasteiger partial charge in [0.2, 0.25) is 17.7 Å². The van der Waals surface area contributed by atoms with Crippen LogP contribution in [0.1, 0.15) is 24.8 Å². The van der Waals surface area contributed by atoms with Crippen molar-refractivity contribution in [2.24, 2.45) is 5.73 Å². The van der Waals surface area contributed by atoms with Gasteiger partial charge in [-0.25, -0.2) is 4.79 Å². The summed E-state index contributed by atoms with van der Waals surface area (Å²) < 4.78 is 0. The number of aromatic hydroxyl groups is 1. The molecule has 4 atom stereocenters. The lowest BCUT2D eigenvalue weighted by Gasteiger charge is -2.25. The van der Waals surface area contributed by atoms with Gasteiger partial charge in [0, 0.05) is 6.42 Å². The molecule has 12 nitrogen and oxygen atoms in total. The number of phenols is 1. The lowest BCUT2D eigenvalue weighted by molar-refractivity contribution is -0.142. The monoisotopic (exact) mass is 558 g/mol. The van der Waals surface area contributed by atoms with E-state index in [0.717, 1.165) is 0 Å². The zero-order valence-electron chi connectivity index (χ0n) is 20.6. The van der Waals surface area contributed by atoms with Crippen LogP contribution in [-0.4, -0.2) is 93.2 Å². The maximum Gasteiger partial charge on any atom is 0.326 e. The molecule has 0 aliphatic carbocycles. The topological polar surface area (TPSA) is 208 Å². The van der Waals surface area contributed by atoms with E-state index in [9.17, 15) is 34.2 Å². The van der Waals surface area contributed by atoms with Gasteiger partial charge in [-0.2, -0.15) is 23.5 Å². The van der Waals surface area contributed by atoms with Crippen LogP contribution in [-0.2, 0) is 30.4 Å². The van der Waals surface area contributed by atoms with Gasteiger partial charge in [-0.15, -0.1) is 0 Å². The van der Waals surface area contributed by atoms with Crippen LogP contribution in [0, 0.1) is 0 Å². The molecule has 0 spiro atoms. The number of carboxylic acids is 2. The predicted octanol–water partition coefficient (Wildman–Crippen LogP) is -0.218. The number of phenolic OH excluding ortho intramolecular Hbond substituents is 1. The highest BCUT2D eigenvalue weighted by Gasteiger charge is 2.30. The lowest BCUT2D eigenvalue weighted by Crippen LogP contribution is -2.57. The summed E-state index contributed by atoms with van der Waals surface area (Å²) in [4.78, 5) is 61.1. The van der Waals surface area contributed by atoms with Crippen LogP contribution in [0.4, 0.5) is 0 Å². The first kappa shape index (κ1) is 32.1. The van der Waals surface area contributed by atoms with E-state index in [1.807, 2.05) is 12.5 Å². The Morgan fingerprint density at radius 1 is 0.811 bits per heavy atom. The molecule has 4 unspecified atom stereocenters. The summed E-state index contributed by atoms with van der Waals surface area (Å²) in [6, 6.07) is 1.04. The first-order chi connectivity index (χ1) is 17.5. The molecule has 37 heavy (non-hydrogen) atoms. The average molecular weight is 559 g/mol. The van der Waals surface area contributed by atoms with E-state index in [-0.39, 0.29) is 25.0 Å². The summed E-state index contributed by atoms with van der Waals surface area (Å²) in [6.45, 7) is 0. The largest absolute Gasteiger partial charge is 0.508 e. The van der Waals surface area contributed by atoms with Gasteiger partial charge in [0.25, 0.3) is 0 Å². The molecule has 0 aliphatic heterocycles. The third-order valence-electron chi connectivity index (χ3n) is 5.21. The summed E-state index contributed by atoms with van der Waals surface area (Å²) in [5.74, 6) is -3.76. The molecule has 14 heteroatoms. The first-order valence-electron chi connectivity index (χ1n) is 11.4. The molecule has 1 aromatic carbocycles. The van der Waals surface area contributed by atoms with E-state index < -0.39 is 60.2 Å². The Kier molecular flexibility index (Phi) is 14.5. The van der Waals surface area contributed by atoms with Gasteiger partial charge in [0.15, 0.2) is 0 Å². The van der Waals surface area contributed by atoms with E-state index in [1.165, 1.54) is 35.7 Å². The van der Waals surface area contributed by atoms with Gasteiger partial charge in [-0.05, 0) is 54.6 Å². The summed E-state index contributed by atoms with van der Waals surface area (Å²) in [5.41, 5.74) is 6.20. The summed E-state index contributed by atoms with van der Waals surface area (Å²) in [6.07, 6.45) is 3.34. The van der Waals surface area contributed by atoms with Crippen molar-refractivity contribution in [2.45, 2.75) is 49.9 Å². The van der Waals surface area contributed by atoms with Crippen molar-refractivity contribution in [1.29, 1.82) is 0 Å². The summed E-state index contributed by atoms with van der Waals surface area (Å²) >= 11 is 2.86. The van der Waals surface area contributed by atoms with Crippen molar-refractivity contribution >= 4 is 53.2 Å². The number of benzene rings is 1. The van der Waals surface area contributed by atoms with Gasteiger partial charge in [0.05, 0.1) is 12.5 Å². The van der Waals surface area contributed by atoms with Crippen LogP contribution < -0.4 is 21.7 Å². The highest BCUT2D eigenvalue weighted by molar-refractivity contribution is 7.98. The number of nitrogens with two attached hydrogens (primary N) is 1. The average Bonchev–Trinajstić information content (AvgIpc) is 2.84. The van der Waals surface area contributed by atoms with Crippen LogP contribution in [0.3, 0.4) is 0 Å². The molecule has 1 rings (SSSR count). The van der Waals surface area contributed by atoms with Gasteiger partial charge in [-0.1, -0.05) is 12.1 Å². The second-order valence-corrected chi connectivity index (χ2v) is 10.1. The van der Waals surface area contributed by atoms with Crippen LogP contribution >= 0.6 is 23.5 Å². The zero-order valence-corrected chi connectivity index (χ0v) is 22.3. The molecule has 0 heterocycles. The third kappa shape index (κ3) is 12.2. The maximum atomic E-state index is 13.2. The lowest BCUT2D eigenvalue weighted by atomic mass is 10.0. The second kappa shape index (κ2) is 16.7. The number of carbonyl (C=O) groups is 5. The normalized spacial score (nSPS) is 14.0. The van der Waals surface area contributed by atoms with E-state index >= 15 is 0 Å². The molecule has 8 N–H and O–H groups in total. The highest BCUT2D eigenvalue weighted by atomic mass is 32.2. The number of hydrogen-bond donors (Lipinski definition) is 7. The third-order valence-corrected chi connectivity index (χ3v) is 6.50. The van der Waals surface area contributed by atoms with Crippen molar-refractivity contribution in [1.82, 2.24) is 16.0 Å². The zero-order chi connectivity index (χ0) is 28.0. The number of thioether (sulfide) groups is 2. The SMILES string of the molecule is CSCCC(NC(=O)C(CCSC)NC(=O)C(Cc1ccc(O)cc1)NC(=O)C(N)CC(=O)O)C(=O)O. The molecule has 0 fully saturated rings. The number of hydrogen-bond acceptors (Lipinski definition) is 9. The highest BCUT2D eigenvalue weighted by Crippen LogP contribution is 2.12. The van der Waals surface area contributed by atoms with Gasteiger partial charge >= 0.3 is 11.9 Å². The molecule has 0 saturated heterocycles. The number of amides is 3. The van der Waals surface area contributed by atoms with Crippen molar-refractivity contribution < 1.29 is 39.3 Å². The fourth-order valence-corrected chi connectivity index (χ4v) is 4.12. The fraction of sp³-hybridized carbons (Fsp3) is 0.522. The molecule has 0 aromatic heterocycles. The van der Waals surface area contributed by atoms with Gasteiger partial charge < -0.3 is 37.0 Å². The van der Waals surface area contributed by atoms with Crippen molar-refractivity contribution in [3.63, 3.8) is 0 Å². The standard InChI is InChI=1S/C23H34N4O8S2/c1-36-9-7-16(21(32)26-17(23(34)35)8-10-37-2)25-22(33)18(11-13-3-5-14(28)6-4-13)27-20(31)15(24)12-19(29)30/h3-6,15-18,28H,7-12,24H2,1-2H3,(H,25,33)(H,26,32)(H,27,31)(H,29,30)(H,34,35). The molecule has 0 saturated carbocycles. The molecule has 1 aromatic rings. The van der Waals surface area contributed by atoms with Crippen molar-refractivity contribution in [2.75, 3.05) is 24.0 Å². The van der Waals surface area contributed by atoms with Crippen LogP contribution in [0.15, 0.2) is 24.3 Å². The Labute approximate surface area is 223 Å². The van der Waals surface area contributed by atoms with E-state index in [4.69, 9.17) is 10.8 Å². The Morgan fingerprint density at radius 3 is 1.81 bits per heavy atom. The Morgan fingerprint density at radius 2 is 1.30 bits per heavy atom. The quantitative estimate of drug-likeness (QED) is 0.133. The minimum Gasteiger partial charge on any atom is -0.508 e. The molecule has 206 valence electrons. The number of aliphatic carboxylic acids is 2. The molecular formula is C23H34N4O8S2. The minimum atomic E-state index is -1.41. The van der Waals surface area contributed by atoms with Crippen molar-refractivity contribution in [3.8, 4) is 5.75 Å². The first-order valence-corrected chi connectivity index (χ1v) is 14.1. The van der Waals surface area contributed by atoms with E-state index in [2.05, 4.69) is 16.0 Å². The van der Waals surface area contributed by atoms with Crippen LogP contribution in [0.25, 0.3) is 0 Å². The van der Waals surface area contributed by atoms with Gasteiger partial charge in [-0.3, -0.25) is 19.2 Å². The Balaban J connectivity index is 3.10. The van der Waals surface area contributed by atoms with Gasteiger partial charge in [0.1, 0.15) is 23.9 Å². The summed E-state index contributed by atoms with van der Waals surface area (Å²) in [5, 5.41) is 35.4. The smallest absolute Gasteiger partial charge is 0.326 e. The van der Waals surface area contributed by atoms with Crippen LogP contribution in [0.2, 0.25) is 0 Å². The number of carbonyl (C=O) groups excluding carboxylic acids is 3.